The van der Waals surface area contributed by atoms with Crippen LogP contribution in [0.15, 0.2) is 36.9 Å². The Morgan fingerprint density at radius 1 is 1.18 bits per heavy atom. The number of aryl methyl sites for hydroxylation is 2. The molecule has 0 aliphatic rings. The molecule has 0 fully saturated rings. The van der Waals surface area contributed by atoms with Gasteiger partial charge in [-0.05, 0) is 19.2 Å². The number of nitrogens with zero attached hydrogens (tertiary/aromatic N) is 3. The summed E-state index contributed by atoms with van der Waals surface area (Å²) in [4.78, 5) is 8.68. The van der Waals surface area contributed by atoms with Gasteiger partial charge in [-0.25, -0.2) is 4.98 Å². The third kappa shape index (κ3) is 3.67. The highest BCUT2D eigenvalue weighted by atomic mass is 15.0. The van der Waals surface area contributed by atoms with Crippen LogP contribution >= 0.6 is 0 Å². The molecule has 4 heteroatoms. The number of hydrogen-bond acceptors (Lipinski definition) is 3. The van der Waals surface area contributed by atoms with Gasteiger partial charge < -0.3 is 9.88 Å². The number of imidazole rings is 1. The molecule has 0 spiro atoms. The largest absolute Gasteiger partial charge is 0.337 e. The lowest BCUT2D eigenvalue weighted by molar-refractivity contribution is 0.683. The maximum Gasteiger partial charge on any atom is 0.0949 e. The highest BCUT2D eigenvalue weighted by Gasteiger charge is 1.99. The molecule has 0 radical (unpaired) electrons. The quantitative estimate of drug-likeness (QED) is 0.813. The Labute approximate surface area is 102 Å². The lowest BCUT2D eigenvalue weighted by atomic mass is 10.3. The summed E-state index contributed by atoms with van der Waals surface area (Å²) < 4.78 is 2.12. The first-order valence-electron chi connectivity index (χ1n) is 5.93. The van der Waals surface area contributed by atoms with Crippen LogP contribution < -0.4 is 5.32 Å². The standard InChI is InChI=1S/C13H18N4/c1-14-8-5-13-10-17(11-16-13)9-6-12-4-2-3-7-15-12/h2-4,7,10-11,14H,5-6,8-9H2,1H3. The second kappa shape index (κ2) is 6.15. The minimum absolute atomic E-state index is 0.934. The van der Waals surface area contributed by atoms with Crippen molar-refractivity contribution < 1.29 is 0 Å². The van der Waals surface area contributed by atoms with E-state index >= 15 is 0 Å². The molecule has 0 bridgehead atoms. The topological polar surface area (TPSA) is 42.7 Å². The van der Waals surface area contributed by atoms with Crippen molar-refractivity contribution in [2.75, 3.05) is 13.6 Å². The van der Waals surface area contributed by atoms with E-state index in [0.717, 1.165) is 37.3 Å². The summed E-state index contributed by atoms with van der Waals surface area (Å²) in [7, 11) is 1.96. The summed E-state index contributed by atoms with van der Waals surface area (Å²) in [6.45, 7) is 1.90. The molecule has 2 aromatic rings. The number of hydrogen-bond donors (Lipinski definition) is 1. The van der Waals surface area contributed by atoms with Crippen LogP contribution in [-0.4, -0.2) is 28.1 Å². The lowest BCUT2D eigenvalue weighted by Crippen LogP contribution is -2.10. The smallest absolute Gasteiger partial charge is 0.0949 e. The van der Waals surface area contributed by atoms with Crippen LogP contribution in [0, 0.1) is 0 Å². The van der Waals surface area contributed by atoms with Crippen LogP contribution in [0.4, 0.5) is 0 Å². The van der Waals surface area contributed by atoms with Crippen molar-refractivity contribution in [3.8, 4) is 0 Å². The Balaban J connectivity index is 1.85. The van der Waals surface area contributed by atoms with E-state index in [9.17, 15) is 0 Å². The lowest BCUT2D eigenvalue weighted by Gasteiger charge is -2.01. The predicted molar refractivity (Wildman–Crippen MR) is 67.8 cm³/mol. The molecule has 0 saturated carbocycles. The van der Waals surface area contributed by atoms with Crippen molar-refractivity contribution >= 4 is 0 Å². The fourth-order valence-electron chi connectivity index (χ4n) is 1.70. The summed E-state index contributed by atoms with van der Waals surface area (Å²) in [6, 6.07) is 6.02. The van der Waals surface area contributed by atoms with E-state index in [4.69, 9.17) is 0 Å². The van der Waals surface area contributed by atoms with E-state index in [0.29, 0.717) is 0 Å². The molecular formula is C13H18N4. The molecule has 2 aromatic heterocycles. The third-order valence-electron chi connectivity index (χ3n) is 2.67. The monoisotopic (exact) mass is 230 g/mol. The molecule has 0 unspecified atom stereocenters. The zero-order chi connectivity index (χ0) is 11.9. The van der Waals surface area contributed by atoms with Gasteiger partial charge in [-0.2, -0.15) is 0 Å². The molecule has 17 heavy (non-hydrogen) atoms. The van der Waals surface area contributed by atoms with Crippen molar-refractivity contribution in [2.24, 2.45) is 0 Å². The zero-order valence-corrected chi connectivity index (χ0v) is 10.1. The minimum atomic E-state index is 0.934. The van der Waals surface area contributed by atoms with E-state index in [2.05, 4.69) is 32.1 Å². The van der Waals surface area contributed by atoms with Gasteiger partial charge >= 0.3 is 0 Å². The number of nitrogens with one attached hydrogen (secondary N) is 1. The molecule has 0 atom stereocenters. The first-order chi connectivity index (χ1) is 8.38. The highest BCUT2D eigenvalue weighted by molar-refractivity contribution is 5.04. The summed E-state index contributed by atoms with van der Waals surface area (Å²) in [5.41, 5.74) is 2.26. The molecule has 4 nitrogen and oxygen atoms in total. The predicted octanol–water partition coefficient (Wildman–Crippen LogP) is 1.28. The van der Waals surface area contributed by atoms with Gasteiger partial charge in [0.15, 0.2) is 0 Å². The highest BCUT2D eigenvalue weighted by Crippen LogP contribution is 2.01. The molecule has 1 N–H and O–H groups in total. The maximum absolute atomic E-state index is 4.37. The van der Waals surface area contributed by atoms with Crippen molar-refractivity contribution in [3.05, 3.63) is 48.3 Å². The van der Waals surface area contributed by atoms with Gasteiger partial charge in [0.1, 0.15) is 0 Å². The van der Waals surface area contributed by atoms with Gasteiger partial charge in [0.25, 0.3) is 0 Å². The second-order valence-corrected chi connectivity index (χ2v) is 4.03. The van der Waals surface area contributed by atoms with Crippen molar-refractivity contribution in [2.45, 2.75) is 19.4 Å². The zero-order valence-electron chi connectivity index (χ0n) is 10.1. The van der Waals surface area contributed by atoms with Crippen LogP contribution in [-0.2, 0) is 19.4 Å². The first-order valence-corrected chi connectivity index (χ1v) is 5.93. The Morgan fingerprint density at radius 2 is 2.12 bits per heavy atom. The average molecular weight is 230 g/mol. The van der Waals surface area contributed by atoms with Gasteiger partial charge in [0, 0.05) is 44.0 Å². The van der Waals surface area contributed by atoms with E-state index in [1.807, 2.05) is 31.7 Å². The van der Waals surface area contributed by atoms with Crippen molar-refractivity contribution in [1.29, 1.82) is 0 Å². The summed E-state index contributed by atoms with van der Waals surface area (Å²) in [5.74, 6) is 0. The number of aromatic nitrogens is 3. The van der Waals surface area contributed by atoms with Crippen molar-refractivity contribution in [1.82, 2.24) is 19.9 Å². The minimum Gasteiger partial charge on any atom is -0.337 e. The Kier molecular flexibility index (Phi) is 4.27. The van der Waals surface area contributed by atoms with Gasteiger partial charge in [-0.1, -0.05) is 6.07 Å². The number of pyridine rings is 1. The van der Waals surface area contributed by atoms with Crippen LogP contribution in [0.1, 0.15) is 11.4 Å². The molecule has 90 valence electrons. The Bertz CT molecular complexity index is 436. The molecule has 2 heterocycles. The van der Waals surface area contributed by atoms with Crippen LogP contribution in [0.3, 0.4) is 0 Å². The van der Waals surface area contributed by atoms with Gasteiger partial charge in [-0.15, -0.1) is 0 Å². The van der Waals surface area contributed by atoms with E-state index in [1.165, 1.54) is 0 Å². The van der Waals surface area contributed by atoms with Gasteiger partial charge in [0.05, 0.1) is 12.0 Å². The van der Waals surface area contributed by atoms with Crippen LogP contribution in [0.25, 0.3) is 0 Å². The molecule has 0 aliphatic carbocycles. The van der Waals surface area contributed by atoms with Crippen LogP contribution in [0.2, 0.25) is 0 Å². The van der Waals surface area contributed by atoms with E-state index in [-0.39, 0.29) is 0 Å². The molecular weight excluding hydrogens is 212 g/mol. The Hall–Kier alpha value is -1.68. The van der Waals surface area contributed by atoms with Crippen molar-refractivity contribution in [3.63, 3.8) is 0 Å². The molecule has 0 aromatic carbocycles. The summed E-state index contributed by atoms with van der Waals surface area (Å²) in [6.07, 6.45) is 7.77. The summed E-state index contributed by atoms with van der Waals surface area (Å²) in [5, 5.41) is 3.12. The normalized spacial score (nSPS) is 10.6. The SMILES string of the molecule is CNCCc1cn(CCc2ccccn2)cn1. The van der Waals surface area contributed by atoms with Gasteiger partial charge in [0.2, 0.25) is 0 Å². The fraction of sp³-hybridized carbons (Fsp3) is 0.385. The Morgan fingerprint density at radius 3 is 2.88 bits per heavy atom. The van der Waals surface area contributed by atoms with Gasteiger partial charge in [-0.3, -0.25) is 4.98 Å². The molecule has 0 saturated heterocycles. The number of likely N-dealkylation sites (N-methyl/N-ethyl adjacent to an activating group) is 1. The fourth-order valence-corrected chi connectivity index (χ4v) is 1.70. The maximum atomic E-state index is 4.37. The van der Waals surface area contributed by atoms with E-state index in [1.54, 1.807) is 0 Å². The molecule has 0 amide bonds. The van der Waals surface area contributed by atoms with Crippen LogP contribution in [0.5, 0.6) is 0 Å². The summed E-state index contributed by atoms with van der Waals surface area (Å²) >= 11 is 0. The average Bonchev–Trinajstić information content (AvgIpc) is 2.83. The van der Waals surface area contributed by atoms with E-state index < -0.39 is 0 Å². The molecule has 0 aliphatic heterocycles. The molecule has 2 rings (SSSR count). The second-order valence-electron chi connectivity index (χ2n) is 4.03. The third-order valence-corrected chi connectivity index (χ3v) is 2.67. The number of rotatable bonds is 6. The first kappa shape index (κ1) is 11.8.